The van der Waals surface area contributed by atoms with Gasteiger partial charge in [0.2, 0.25) is 5.71 Å². The molecule has 0 spiro atoms. The SMILES string of the molecule is CCOC(=O)c1c(C)oc2ncn(CC(=O)C=C3N(C)c4ccccc4C3(C)C)c(=O)c12. The third-order valence-electron chi connectivity index (χ3n) is 5.90. The highest BCUT2D eigenvalue weighted by molar-refractivity contribution is 6.03. The molecule has 0 radical (unpaired) electrons. The summed E-state index contributed by atoms with van der Waals surface area (Å²) in [5, 5.41) is 0.0228. The number of fused-ring (bicyclic) bond motifs is 2. The molecule has 0 saturated carbocycles. The molecule has 3 heterocycles. The summed E-state index contributed by atoms with van der Waals surface area (Å²) in [5.41, 5.74) is 2.24. The molecule has 4 rings (SSSR count). The van der Waals surface area contributed by atoms with E-state index in [4.69, 9.17) is 9.15 Å². The molecule has 0 saturated heterocycles. The zero-order valence-corrected chi connectivity index (χ0v) is 18.8. The lowest BCUT2D eigenvalue weighted by Gasteiger charge is -2.24. The maximum Gasteiger partial charge on any atom is 0.342 e. The average molecular weight is 435 g/mol. The molecule has 0 unspecified atom stereocenters. The lowest BCUT2D eigenvalue weighted by atomic mass is 9.83. The van der Waals surface area contributed by atoms with E-state index >= 15 is 0 Å². The lowest BCUT2D eigenvalue weighted by Crippen LogP contribution is -2.27. The van der Waals surface area contributed by atoms with E-state index in [2.05, 4.69) is 24.9 Å². The van der Waals surface area contributed by atoms with Gasteiger partial charge < -0.3 is 14.1 Å². The van der Waals surface area contributed by atoms with Crippen LogP contribution in [-0.2, 0) is 21.5 Å². The number of hydrogen-bond donors (Lipinski definition) is 0. The number of aromatic nitrogens is 2. The topological polar surface area (TPSA) is 94.6 Å². The van der Waals surface area contributed by atoms with Gasteiger partial charge in [-0.3, -0.25) is 14.2 Å². The second kappa shape index (κ2) is 7.78. The van der Waals surface area contributed by atoms with Crippen molar-refractivity contribution in [3.05, 3.63) is 69.6 Å². The number of carbonyl (C=O) groups is 2. The highest BCUT2D eigenvalue weighted by Gasteiger charge is 2.38. The van der Waals surface area contributed by atoms with Gasteiger partial charge in [0.1, 0.15) is 23.0 Å². The molecule has 0 bridgehead atoms. The molecule has 0 N–H and O–H groups in total. The number of allylic oxidation sites excluding steroid dienone is 2. The van der Waals surface area contributed by atoms with Crippen molar-refractivity contribution in [3.63, 3.8) is 0 Å². The number of rotatable bonds is 5. The van der Waals surface area contributed by atoms with Gasteiger partial charge in [0.05, 0.1) is 13.2 Å². The molecule has 0 amide bonds. The number of aryl methyl sites for hydroxylation is 1. The average Bonchev–Trinajstić information content (AvgIpc) is 3.18. The van der Waals surface area contributed by atoms with E-state index in [0.717, 1.165) is 16.9 Å². The normalized spacial score (nSPS) is 15.9. The first-order valence-corrected chi connectivity index (χ1v) is 10.4. The number of para-hydroxylation sites is 1. The fraction of sp³-hybridized carbons (Fsp3) is 0.333. The summed E-state index contributed by atoms with van der Waals surface area (Å²) < 4.78 is 11.7. The Hall–Kier alpha value is -3.68. The van der Waals surface area contributed by atoms with Crippen molar-refractivity contribution >= 4 is 28.5 Å². The van der Waals surface area contributed by atoms with Gasteiger partial charge in [0, 0.05) is 29.9 Å². The molecule has 8 heteroatoms. The van der Waals surface area contributed by atoms with Crippen molar-refractivity contribution in [3.8, 4) is 0 Å². The van der Waals surface area contributed by atoms with Gasteiger partial charge in [-0.25, -0.2) is 9.78 Å². The van der Waals surface area contributed by atoms with Crippen LogP contribution in [0.1, 0.15) is 42.5 Å². The van der Waals surface area contributed by atoms with E-state index in [-0.39, 0.29) is 46.8 Å². The van der Waals surface area contributed by atoms with Crippen LogP contribution in [0.25, 0.3) is 11.1 Å². The van der Waals surface area contributed by atoms with Crippen LogP contribution in [0, 0.1) is 6.92 Å². The van der Waals surface area contributed by atoms with E-state index in [0.29, 0.717) is 0 Å². The van der Waals surface area contributed by atoms with Crippen molar-refractivity contribution in [2.24, 2.45) is 0 Å². The number of ether oxygens (including phenoxy) is 1. The molecule has 0 fully saturated rings. The van der Waals surface area contributed by atoms with Crippen molar-refractivity contribution < 1.29 is 18.7 Å². The highest BCUT2D eigenvalue weighted by Crippen LogP contribution is 2.46. The summed E-state index contributed by atoms with van der Waals surface area (Å²) >= 11 is 0. The molecule has 3 aromatic rings. The number of hydrogen-bond acceptors (Lipinski definition) is 7. The number of anilines is 1. The number of furan rings is 1. The summed E-state index contributed by atoms with van der Waals surface area (Å²) in [6.45, 7) is 7.33. The van der Waals surface area contributed by atoms with Crippen LogP contribution in [0.15, 0.2) is 51.6 Å². The Bertz CT molecular complexity index is 1330. The number of nitrogens with zero attached hydrogens (tertiary/aromatic N) is 3. The smallest absolute Gasteiger partial charge is 0.342 e. The molecule has 32 heavy (non-hydrogen) atoms. The Morgan fingerprint density at radius 1 is 1.25 bits per heavy atom. The Balaban J connectivity index is 1.70. The van der Waals surface area contributed by atoms with Gasteiger partial charge in [0.15, 0.2) is 5.78 Å². The van der Waals surface area contributed by atoms with E-state index in [1.54, 1.807) is 19.9 Å². The van der Waals surface area contributed by atoms with E-state index < -0.39 is 11.5 Å². The second-order valence-electron chi connectivity index (χ2n) is 8.31. The van der Waals surface area contributed by atoms with Gasteiger partial charge in [-0.05, 0) is 25.5 Å². The molecule has 166 valence electrons. The quantitative estimate of drug-likeness (QED) is 0.448. The third kappa shape index (κ3) is 3.32. The van der Waals surface area contributed by atoms with Crippen LogP contribution in [0.2, 0.25) is 0 Å². The highest BCUT2D eigenvalue weighted by atomic mass is 16.5. The van der Waals surface area contributed by atoms with Crippen LogP contribution in [-0.4, -0.2) is 35.0 Å². The van der Waals surface area contributed by atoms with Gasteiger partial charge in [-0.2, -0.15) is 0 Å². The number of esters is 1. The van der Waals surface area contributed by atoms with Gasteiger partial charge in [-0.15, -0.1) is 0 Å². The van der Waals surface area contributed by atoms with Gasteiger partial charge >= 0.3 is 5.97 Å². The largest absolute Gasteiger partial charge is 0.462 e. The molecular formula is C24H25N3O5. The van der Waals surface area contributed by atoms with Crippen molar-refractivity contribution in [1.82, 2.24) is 9.55 Å². The fourth-order valence-electron chi connectivity index (χ4n) is 4.32. The van der Waals surface area contributed by atoms with Crippen LogP contribution in [0.3, 0.4) is 0 Å². The number of likely N-dealkylation sites (N-methyl/N-ethyl adjacent to an activating group) is 1. The molecule has 0 atom stereocenters. The van der Waals surface area contributed by atoms with Crippen molar-refractivity contribution in [2.45, 2.75) is 39.7 Å². The minimum atomic E-state index is -0.652. The first kappa shape index (κ1) is 21.5. The Morgan fingerprint density at radius 3 is 2.66 bits per heavy atom. The maximum absolute atomic E-state index is 13.1. The molecule has 8 nitrogen and oxygen atoms in total. The predicted octanol–water partition coefficient (Wildman–Crippen LogP) is 3.36. The van der Waals surface area contributed by atoms with Crippen LogP contribution in [0.4, 0.5) is 5.69 Å². The third-order valence-corrected chi connectivity index (χ3v) is 5.90. The summed E-state index contributed by atoms with van der Waals surface area (Å²) in [7, 11) is 1.92. The lowest BCUT2D eigenvalue weighted by molar-refractivity contribution is -0.115. The van der Waals surface area contributed by atoms with E-state index in [1.165, 1.54) is 10.9 Å². The van der Waals surface area contributed by atoms with Crippen molar-refractivity contribution in [1.29, 1.82) is 0 Å². The molecular weight excluding hydrogens is 410 g/mol. The van der Waals surface area contributed by atoms with Crippen LogP contribution >= 0.6 is 0 Å². The second-order valence-corrected chi connectivity index (χ2v) is 8.31. The molecule has 0 aliphatic carbocycles. The first-order valence-electron chi connectivity index (χ1n) is 10.4. The molecule has 1 aliphatic rings. The number of ketones is 1. The fourth-order valence-corrected chi connectivity index (χ4v) is 4.32. The maximum atomic E-state index is 13.1. The Morgan fingerprint density at radius 2 is 1.97 bits per heavy atom. The summed E-state index contributed by atoms with van der Waals surface area (Å²) in [6.07, 6.45) is 2.83. The van der Waals surface area contributed by atoms with Gasteiger partial charge in [0.25, 0.3) is 5.56 Å². The van der Waals surface area contributed by atoms with Crippen LogP contribution in [0.5, 0.6) is 0 Å². The van der Waals surface area contributed by atoms with Crippen molar-refractivity contribution in [2.75, 3.05) is 18.6 Å². The molecule has 1 aromatic carbocycles. The summed E-state index contributed by atoms with van der Waals surface area (Å²) in [5.74, 6) is -0.656. The predicted molar refractivity (Wildman–Crippen MR) is 120 cm³/mol. The zero-order chi connectivity index (χ0) is 23.2. The zero-order valence-electron chi connectivity index (χ0n) is 18.8. The minimum Gasteiger partial charge on any atom is -0.462 e. The molecule has 2 aromatic heterocycles. The number of carbonyl (C=O) groups excluding carboxylic acids is 2. The van der Waals surface area contributed by atoms with E-state index in [1.807, 2.05) is 30.1 Å². The van der Waals surface area contributed by atoms with Gasteiger partial charge in [-0.1, -0.05) is 32.0 Å². The van der Waals surface area contributed by atoms with E-state index in [9.17, 15) is 14.4 Å². The first-order chi connectivity index (χ1) is 15.2. The van der Waals surface area contributed by atoms with Crippen LogP contribution < -0.4 is 10.5 Å². The standard InChI is InChI=1S/C24H25N3O5/c1-6-31-23(30)19-14(2)32-21-20(19)22(29)27(13-25-21)12-15(28)11-18-24(3,4)16-9-7-8-10-17(16)26(18)5/h7-11,13H,6,12H2,1-5H3. The minimum absolute atomic E-state index is 0.0228. The number of benzene rings is 1. The summed E-state index contributed by atoms with van der Waals surface area (Å²) in [6, 6.07) is 8.01. The molecule has 1 aliphatic heterocycles. The Kier molecular flexibility index (Phi) is 5.24. The Labute approximate surface area is 185 Å². The summed E-state index contributed by atoms with van der Waals surface area (Å²) in [4.78, 5) is 44.5. The monoisotopic (exact) mass is 435 g/mol.